The molecule has 0 aromatic heterocycles. The monoisotopic (exact) mass is 472 g/mol. The van der Waals surface area contributed by atoms with E-state index >= 15 is 0 Å². The third-order valence-corrected chi connectivity index (χ3v) is 5.90. The Hall–Kier alpha value is -2.93. The fourth-order valence-electron chi connectivity index (χ4n) is 3.51. The SMILES string of the molecule is CN1C(=O)C(C(c2cccc(C(F)(F)F)c2)C2C(=O)NC(=S)N(C)C2=O)C(=O)NC1=S. The second-order valence-electron chi connectivity index (χ2n) is 6.99. The van der Waals surface area contributed by atoms with E-state index < -0.39 is 53.1 Å². The molecule has 2 unspecified atom stereocenters. The first-order chi connectivity index (χ1) is 14.3. The molecule has 2 heterocycles. The molecule has 0 radical (unpaired) electrons. The summed E-state index contributed by atoms with van der Waals surface area (Å²) in [6.45, 7) is 0. The third-order valence-electron chi connectivity index (χ3n) is 5.14. The van der Waals surface area contributed by atoms with E-state index in [4.69, 9.17) is 24.4 Å². The van der Waals surface area contributed by atoms with Crippen LogP contribution in [0.4, 0.5) is 13.2 Å². The van der Waals surface area contributed by atoms with Crippen LogP contribution in [0.5, 0.6) is 0 Å². The predicted molar refractivity (Wildman–Crippen MR) is 108 cm³/mol. The van der Waals surface area contributed by atoms with Crippen molar-refractivity contribution in [1.29, 1.82) is 0 Å². The molecule has 31 heavy (non-hydrogen) atoms. The Labute approximate surface area is 184 Å². The Morgan fingerprint density at radius 3 is 1.77 bits per heavy atom. The Bertz CT molecular complexity index is 977. The summed E-state index contributed by atoms with van der Waals surface area (Å²) >= 11 is 9.80. The Morgan fingerprint density at radius 1 is 0.903 bits per heavy atom. The van der Waals surface area contributed by atoms with Crippen LogP contribution in [-0.4, -0.2) is 57.7 Å². The van der Waals surface area contributed by atoms with Gasteiger partial charge in [-0.05, 0) is 36.1 Å². The van der Waals surface area contributed by atoms with Gasteiger partial charge in [-0.25, -0.2) is 0 Å². The van der Waals surface area contributed by atoms with Gasteiger partial charge in [0, 0.05) is 20.0 Å². The number of hydrogen-bond donors (Lipinski definition) is 2. The molecular formula is C18H15F3N4O4S2. The van der Waals surface area contributed by atoms with Crippen molar-refractivity contribution in [3.8, 4) is 0 Å². The van der Waals surface area contributed by atoms with Crippen molar-refractivity contribution in [2.75, 3.05) is 14.1 Å². The van der Waals surface area contributed by atoms with Crippen LogP contribution in [0.1, 0.15) is 17.0 Å². The number of thiocarbonyl (C=S) groups is 2. The number of amides is 4. The van der Waals surface area contributed by atoms with Crippen molar-refractivity contribution >= 4 is 58.3 Å². The molecular weight excluding hydrogens is 457 g/mol. The number of nitrogens with one attached hydrogen (secondary N) is 2. The smallest absolute Gasteiger partial charge is 0.302 e. The molecule has 0 bridgehead atoms. The molecule has 8 nitrogen and oxygen atoms in total. The van der Waals surface area contributed by atoms with Gasteiger partial charge < -0.3 is 10.6 Å². The van der Waals surface area contributed by atoms with Crippen LogP contribution in [0.2, 0.25) is 0 Å². The zero-order valence-electron chi connectivity index (χ0n) is 16.0. The molecule has 2 N–H and O–H groups in total. The van der Waals surface area contributed by atoms with Gasteiger partial charge in [0.1, 0.15) is 11.8 Å². The summed E-state index contributed by atoms with van der Waals surface area (Å²) in [4.78, 5) is 53.1. The molecule has 2 atom stereocenters. The molecule has 1 aromatic rings. The number of alkyl halides is 3. The highest BCUT2D eigenvalue weighted by molar-refractivity contribution is 7.80. The van der Waals surface area contributed by atoms with Crippen LogP contribution in [0.25, 0.3) is 0 Å². The Morgan fingerprint density at radius 2 is 1.35 bits per heavy atom. The molecule has 2 aliphatic heterocycles. The number of carbonyl (C=O) groups excluding carboxylic acids is 4. The summed E-state index contributed by atoms with van der Waals surface area (Å²) in [5.41, 5.74) is -1.24. The quantitative estimate of drug-likeness (QED) is 0.498. The topological polar surface area (TPSA) is 98.8 Å². The van der Waals surface area contributed by atoms with Gasteiger partial charge in [-0.2, -0.15) is 13.2 Å². The lowest BCUT2D eigenvalue weighted by molar-refractivity contribution is -0.146. The molecule has 0 saturated carbocycles. The molecule has 2 fully saturated rings. The highest BCUT2D eigenvalue weighted by atomic mass is 32.1. The summed E-state index contributed by atoms with van der Waals surface area (Å²) in [6.07, 6.45) is -4.73. The molecule has 13 heteroatoms. The molecule has 0 spiro atoms. The average molecular weight is 472 g/mol. The number of benzene rings is 1. The summed E-state index contributed by atoms with van der Waals surface area (Å²) in [5.74, 6) is -8.46. The van der Waals surface area contributed by atoms with Crippen LogP contribution >= 0.6 is 24.4 Å². The lowest BCUT2D eigenvalue weighted by Crippen LogP contribution is -2.62. The van der Waals surface area contributed by atoms with Gasteiger partial charge in [0.15, 0.2) is 10.2 Å². The second-order valence-corrected chi connectivity index (χ2v) is 7.76. The van der Waals surface area contributed by atoms with Crippen LogP contribution in [-0.2, 0) is 25.4 Å². The number of nitrogens with zero attached hydrogens (tertiary/aromatic N) is 2. The zero-order chi connectivity index (χ0) is 23.2. The minimum atomic E-state index is -4.73. The second kappa shape index (κ2) is 7.96. The first kappa shape index (κ1) is 22.7. The van der Waals surface area contributed by atoms with E-state index in [2.05, 4.69) is 10.6 Å². The average Bonchev–Trinajstić information content (AvgIpc) is 2.68. The largest absolute Gasteiger partial charge is 0.416 e. The highest BCUT2D eigenvalue weighted by Gasteiger charge is 2.52. The third kappa shape index (κ3) is 4.02. The first-order valence-corrected chi connectivity index (χ1v) is 9.58. The normalized spacial score (nSPS) is 23.6. The Kier molecular flexibility index (Phi) is 5.84. The summed E-state index contributed by atoms with van der Waals surface area (Å²) in [6, 6.07) is 3.81. The Balaban J connectivity index is 2.20. The van der Waals surface area contributed by atoms with Gasteiger partial charge in [0.2, 0.25) is 23.6 Å². The van der Waals surface area contributed by atoms with Crippen LogP contribution in [0.3, 0.4) is 0 Å². The molecule has 3 rings (SSSR count). The van der Waals surface area contributed by atoms with Crippen LogP contribution in [0.15, 0.2) is 24.3 Å². The molecule has 1 aromatic carbocycles. The number of hydrogen-bond acceptors (Lipinski definition) is 6. The maximum Gasteiger partial charge on any atom is 0.416 e. The van der Waals surface area contributed by atoms with E-state index in [1.807, 2.05) is 0 Å². The maximum atomic E-state index is 13.3. The highest BCUT2D eigenvalue weighted by Crippen LogP contribution is 2.39. The van der Waals surface area contributed by atoms with Crippen molar-refractivity contribution in [1.82, 2.24) is 20.4 Å². The maximum absolute atomic E-state index is 13.3. The minimum Gasteiger partial charge on any atom is -0.302 e. The van der Waals surface area contributed by atoms with E-state index in [1.54, 1.807) is 0 Å². The molecule has 4 amide bonds. The fraction of sp³-hybridized carbons (Fsp3) is 0.333. The van der Waals surface area contributed by atoms with Gasteiger partial charge in [-0.3, -0.25) is 29.0 Å². The lowest BCUT2D eigenvalue weighted by atomic mass is 9.73. The van der Waals surface area contributed by atoms with E-state index in [0.29, 0.717) is 6.07 Å². The first-order valence-electron chi connectivity index (χ1n) is 8.76. The number of halogens is 3. The standard InChI is InChI=1S/C18H15F3N4O4S2/c1-24-14(28)10(12(26)22-16(24)30)9(7-4-3-5-8(6-7)18(19,20)21)11-13(27)23-17(31)25(2)15(11)29/h3-6,9-11H,1-2H3,(H,22,26,30)(H,23,27,31). The molecule has 2 saturated heterocycles. The van der Waals surface area contributed by atoms with Crippen molar-refractivity contribution in [2.45, 2.75) is 12.1 Å². The van der Waals surface area contributed by atoms with E-state index in [9.17, 15) is 32.3 Å². The van der Waals surface area contributed by atoms with Crippen LogP contribution < -0.4 is 10.6 Å². The van der Waals surface area contributed by atoms with E-state index in [-0.39, 0.29) is 15.8 Å². The fourth-order valence-corrected chi connectivity index (χ4v) is 3.89. The number of carbonyl (C=O) groups is 4. The number of rotatable bonds is 3. The summed E-state index contributed by atoms with van der Waals surface area (Å²) < 4.78 is 39.9. The van der Waals surface area contributed by atoms with Gasteiger partial charge in [-0.1, -0.05) is 18.2 Å². The minimum absolute atomic E-state index is 0.181. The van der Waals surface area contributed by atoms with Gasteiger partial charge in [0.05, 0.1) is 5.56 Å². The van der Waals surface area contributed by atoms with E-state index in [0.717, 1.165) is 21.9 Å². The molecule has 2 aliphatic rings. The van der Waals surface area contributed by atoms with Gasteiger partial charge in [0.25, 0.3) is 0 Å². The molecule has 0 aliphatic carbocycles. The van der Waals surface area contributed by atoms with Crippen molar-refractivity contribution in [3.63, 3.8) is 0 Å². The van der Waals surface area contributed by atoms with Crippen LogP contribution in [0, 0.1) is 11.8 Å². The molecule has 164 valence electrons. The van der Waals surface area contributed by atoms with Gasteiger partial charge >= 0.3 is 6.18 Å². The van der Waals surface area contributed by atoms with Crippen molar-refractivity contribution < 1.29 is 32.3 Å². The van der Waals surface area contributed by atoms with Crippen molar-refractivity contribution in [3.05, 3.63) is 35.4 Å². The summed E-state index contributed by atoms with van der Waals surface area (Å²) in [7, 11) is 2.54. The summed E-state index contributed by atoms with van der Waals surface area (Å²) in [5, 5.41) is 4.17. The van der Waals surface area contributed by atoms with E-state index in [1.165, 1.54) is 20.2 Å². The zero-order valence-corrected chi connectivity index (χ0v) is 17.7. The lowest BCUT2D eigenvalue weighted by Gasteiger charge is -2.39. The van der Waals surface area contributed by atoms with Gasteiger partial charge in [-0.15, -0.1) is 0 Å². The van der Waals surface area contributed by atoms with Crippen molar-refractivity contribution in [2.24, 2.45) is 11.8 Å². The predicted octanol–water partition coefficient (Wildman–Crippen LogP) is 0.768.